The Hall–Kier alpha value is -3.10. The van der Waals surface area contributed by atoms with Gasteiger partial charge >= 0.3 is 5.69 Å². The Morgan fingerprint density at radius 3 is 2.82 bits per heavy atom. The molecule has 116 valence electrons. The third kappa shape index (κ3) is 3.14. The number of nitrogens with one attached hydrogen (secondary N) is 2. The molecule has 9 nitrogen and oxygen atoms in total. The highest BCUT2D eigenvalue weighted by atomic mass is 16.6. The van der Waals surface area contributed by atoms with Gasteiger partial charge < -0.3 is 14.8 Å². The van der Waals surface area contributed by atoms with Crippen LogP contribution in [0.4, 0.5) is 5.69 Å². The third-order valence-corrected chi connectivity index (χ3v) is 2.97. The maximum atomic E-state index is 12.0. The summed E-state index contributed by atoms with van der Waals surface area (Å²) in [6.07, 6.45) is 1.06. The molecule has 2 rings (SSSR count). The Labute approximate surface area is 125 Å². The van der Waals surface area contributed by atoms with Crippen LogP contribution in [0.15, 0.2) is 24.4 Å². The molecule has 1 aromatic carbocycles. The van der Waals surface area contributed by atoms with Gasteiger partial charge in [0.2, 0.25) is 5.69 Å². The largest absolute Gasteiger partial charge is 0.497 e. The molecule has 1 aromatic heterocycles. The van der Waals surface area contributed by atoms with Crippen LogP contribution in [0, 0.1) is 10.1 Å². The van der Waals surface area contributed by atoms with Crippen LogP contribution >= 0.6 is 0 Å². The highest BCUT2D eigenvalue weighted by Gasteiger charge is 2.23. The molecule has 0 aliphatic rings. The summed E-state index contributed by atoms with van der Waals surface area (Å²) < 4.78 is 10.3. The maximum absolute atomic E-state index is 12.0. The molecule has 0 aliphatic heterocycles. The number of carbonyl (C=O) groups is 1. The highest BCUT2D eigenvalue weighted by Crippen LogP contribution is 2.24. The van der Waals surface area contributed by atoms with Gasteiger partial charge in [-0.25, -0.2) is 0 Å². The number of benzene rings is 1. The summed E-state index contributed by atoms with van der Waals surface area (Å²) in [5, 5.41) is 19.2. The number of carbonyl (C=O) groups excluding carboxylic acids is 1. The molecular formula is C13H14N4O5. The fraction of sp³-hybridized carbons (Fsp3) is 0.231. The van der Waals surface area contributed by atoms with Crippen molar-refractivity contribution >= 4 is 11.6 Å². The first-order chi connectivity index (χ1) is 10.6. The number of ether oxygens (including phenoxy) is 2. The van der Waals surface area contributed by atoms with Crippen molar-refractivity contribution in [2.45, 2.75) is 6.54 Å². The van der Waals surface area contributed by atoms with Crippen molar-refractivity contribution in [1.29, 1.82) is 0 Å². The fourth-order valence-electron chi connectivity index (χ4n) is 1.85. The Morgan fingerprint density at radius 2 is 2.18 bits per heavy atom. The van der Waals surface area contributed by atoms with E-state index in [2.05, 4.69) is 15.5 Å². The van der Waals surface area contributed by atoms with Crippen molar-refractivity contribution in [2.75, 3.05) is 14.2 Å². The van der Waals surface area contributed by atoms with E-state index in [1.165, 1.54) is 14.2 Å². The minimum atomic E-state index is -0.674. The van der Waals surface area contributed by atoms with E-state index in [1.807, 2.05) is 0 Å². The van der Waals surface area contributed by atoms with Crippen LogP contribution in [-0.2, 0) is 6.54 Å². The van der Waals surface area contributed by atoms with Gasteiger partial charge in [-0.3, -0.25) is 20.0 Å². The van der Waals surface area contributed by atoms with Gasteiger partial charge in [-0.2, -0.15) is 5.10 Å². The number of aromatic nitrogens is 2. The molecule has 22 heavy (non-hydrogen) atoms. The molecule has 0 unspecified atom stereocenters. The van der Waals surface area contributed by atoms with Gasteiger partial charge in [0.05, 0.1) is 19.1 Å². The van der Waals surface area contributed by atoms with E-state index >= 15 is 0 Å². The number of hydrogen-bond donors (Lipinski definition) is 2. The molecule has 9 heteroatoms. The van der Waals surface area contributed by atoms with Gasteiger partial charge in [-0.1, -0.05) is 0 Å². The van der Waals surface area contributed by atoms with Crippen molar-refractivity contribution in [3.8, 4) is 11.5 Å². The highest BCUT2D eigenvalue weighted by molar-refractivity contribution is 5.95. The number of aromatic amines is 1. The van der Waals surface area contributed by atoms with Crippen molar-refractivity contribution in [1.82, 2.24) is 15.5 Å². The van der Waals surface area contributed by atoms with Gasteiger partial charge in [0.15, 0.2) is 0 Å². The van der Waals surface area contributed by atoms with E-state index in [-0.39, 0.29) is 17.9 Å². The van der Waals surface area contributed by atoms with Gasteiger partial charge in [0, 0.05) is 18.2 Å². The SMILES string of the molecule is COc1ccc(CNC(=O)c2n[nH]cc2[N+](=O)[O-])c(OC)c1. The molecule has 0 fully saturated rings. The minimum Gasteiger partial charge on any atom is -0.497 e. The van der Waals surface area contributed by atoms with E-state index in [1.54, 1.807) is 18.2 Å². The maximum Gasteiger partial charge on any atom is 0.319 e. The summed E-state index contributed by atoms with van der Waals surface area (Å²) in [6.45, 7) is 0.135. The van der Waals surface area contributed by atoms with Crippen LogP contribution < -0.4 is 14.8 Å². The molecule has 2 N–H and O–H groups in total. The Balaban J connectivity index is 2.11. The van der Waals surface area contributed by atoms with Crippen molar-refractivity contribution in [2.24, 2.45) is 0 Å². The standard InChI is InChI=1S/C13H14N4O5/c1-21-9-4-3-8(11(5-9)22-2)6-14-13(18)12-10(17(19)20)7-15-16-12/h3-5,7H,6H2,1-2H3,(H,14,18)(H,15,16). The van der Waals surface area contributed by atoms with E-state index < -0.39 is 10.8 Å². The topological polar surface area (TPSA) is 119 Å². The molecule has 0 aliphatic carbocycles. The number of rotatable bonds is 6. The van der Waals surface area contributed by atoms with E-state index in [9.17, 15) is 14.9 Å². The summed E-state index contributed by atoms with van der Waals surface area (Å²) in [7, 11) is 3.03. The summed E-state index contributed by atoms with van der Waals surface area (Å²) in [6, 6.07) is 5.14. The van der Waals surface area contributed by atoms with Gasteiger partial charge in [0.25, 0.3) is 5.91 Å². The lowest BCUT2D eigenvalue weighted by Gasteiger charge is -2.10. The van der Waals surface area contributed by atoms with Crippen molar-refractivity contribution in [3.05, 3.63) is 45.8 Å². The monoisotopic (exact) mass is 306 g/mol. The van der Waals surface area contributed by atoms with Crippen LogP contribution in [0.25, 0.3) is 0 Å². The fourth-order valence-corrected chi connectivity index (χ4v) is 1.85. The Bertz CT molecular complexity index is 697. The lowest BCUT2D eigenvalue weighted by atomic mass is 10.2. The molecule has 0 atom stereocenters. The van der Waals surface area contributed by atoms with E-state index in [0.717, 1.165) is 6.20 Å². The van der Waals surface area contributed by atoms with Gasteiger partial charge in [-0.05, 0) is 12.1 Å². The first-order valence-corrected chi connectivity index (χ1v) is 6.24. The molecule has 0 bridgehead atoms. The molecule has 0 saturated heterocycles. The second-order valence-electron chi connectivity index (χ2n) is 4.24. The molecular weight excluding hydrogens is 292 g/mol. The number of methoxy groups -OCH3 is 2. The predicted octanol–water partition coefficient (Wildman–Crippen LogP) is 1.27. The predicted molar refractivity (Wildman–Crippen MR) is 76.0 cm³/mol. The van der Waals surface area contributed by atoms with Crippen LogP contribution in [0.3, 0.4) is 0 Å². The molecule has 1 amide bonds. The number of nitrogens with zero attached hydrogens (tertiary/aromatic N) is 2. The molecule has 0 radical (unpaired) electrons. The number of H-pyrrole nitrogens is 1. The van der Waals surface area contributed by atoms with Crippen LogP contribution in [0.1, 0.15) is 16.1 Å². The van der Waals surface area contributed by atoms with Crippen LogP contribution in [0.5, 0.6) is 11.5 Å². The summed E-state index contributed by atoms with van der Waals surface area (Å²) in [4.78, 5) is 22.1. The van der Waals surface area contributed by atoms with E-state index in [4.69, 9.17) is 9.47 Å². The third-order valence-electron chi connectivity index (χ3n) is 2.97. The normalized spacial score (nSPS) is 10.1. The lowest BCUT2D eigenvalue weighted by molar-refractivity contribution is -0.385. The molecule has 2 aromatic rings. The lowest BCUT2D eigenvalue weighted by Crippen LogP contribution is -2.24. The minimum absolute atomic E-state index is 0.135. The zero-order valence-corrected chi connectivity index (χ0v) is 12.0. The van der Waals surface area contributed by atoms with Gasteiger partial charge in [-0.15, -0.1) is 0 Å². The summed E-state index contributed by atoms with van der Waals surface area (Å²) >= 11 is 0. The zero-order valence-electron chi connectivity index (χ0n) is 12.0. The smallest absolute Gasteiger partial charge is 0.319 e. The number of nitro groups is 1. The molecule has 0 spiro atoms. The second-order valence-corrected chi connectivity index (χ2v) is 4.24. The van der Waals surface area contributed by atoms with E-state index in [0.29, 0.717) is 17.1 Å². The Morgan fingerprint density at radius 1 is 1.41 bits per heavy atom. The molecule has 0 saturated carbocycles. The summed E-state index contributed by atoms with van der Waals surface area (Å²) in [5.74, 6) is 0.511. The average molecular weight is 306 g/mol. The zero-order chi connectivity index (χ0) is 16.1. The van der Waals surface area contributed by atoms with Crippen molar-refractivity contribution in [3.63, 3.8) is 0 Å². The second kappa shape index (κ2) is 6.57. The summed E-state index contributed by atoms with van der Waals surface area (Å²) in [5.41, 5.74) is 0.0616. The van der Waals surface area contributed by atoms with Crippen LogP contribution in [0.2, 0.25) is 0 Å². The number of hydrogen-bond acceptors (Lipinski definition) is 6. The quantitative estimate of drug-likeness (QED) is 0.612. The van der Waals surface area contributed by atoms with Gasteiger partial charge in [0.1, 0.15) is 17.7 Å². The Kier molecular flexibility index (Phi) is 4.57. The first kappa shape index (κ1) is 15.3. The van der Waals surface area contributed by atoms with Crippen molar-refractivity contribution < 1.29 is 19.2 Å². The average Bonchev–Trinajstić information content (AvgIpc) is 3.02. The first-order valence-electron chi connectivity index (χ1n) is 6.24. The number of amides is 1. The van der Waals surface area contributed by atoms with Crippen LogP contribution in [-0.4, -0.2) is 35.2 Å². The molecule has 1 heterocycles.